The zero-order valence-corrected chi connectivity index (χ0v) is 12.5. The summed E-state index contributed by atoms with van der Waals surface area (Å²) < 4.78 is 17.4. The minimum atomic E-state index is -0.822. The van der Waals surface area contributed by atoms with Gasteiger partial charge in [-0.25, -0.2) is 0 Å². The molecule has 7 heteroatoms. The van der Waals surface area contributed by atoms with Crippen molar-refractivity contribution in [1.82, 2.24) is 15.0 Å². The number of rotatable bonds is 6. The van der Waals surface area contributed by atoms with E-state index < -0.39 is 6.10 Å². The lowest BCUT2D eigenvalue weighted by molar-refractivity contribution is 0.168. The smallest absolute Gasteiger partial charge is 0.132 e. The summed E-state index contributed by atoms with van der Waals surface area (Å²) in [5, 5.41) is 18.3. The predicted octanol–water partition coefficient (Wildman–Crippen LogP) is 1.12. The van der Waals surface area contributed by atoms with Crippen molar-refractivity contribution in [3.05, 3.63) is 29.6 Å². The van der Waals surface area contributed by atoms with E-state index in [0.717, 1.165) is 0 Å². The molecule has 0 saturated carbocycles. The summed E-state index contributed by atoms with van der Waals surface area (Å²) in [5.41, 5.74) is 1.25. The van der Waals surface area contributed by atoms with Crippen molar-refractivity contribution < 1.29 is 19.3 Å². The summed E-state index contributed by atoms with van der Waals surface area (Å²) in [6.45, 7) is 0. The van der Waals surface area contributed by atoms with Crippen molar-refractivity contribution in [2.24, 2.45) is 7.05 Å². The van der Waals surface area contributed by atoms with Gasteiger partial charge in [-0.2, -0.15) is 0 Å². The van der Waals surface area contributed by atoms with Gasteiger partial charge in [0.15, 0.2) is 0 Å². The number of hydrogen-bond acceptors (Lipinski definition) is 6. The van der Waals surface area contributed by atoms with Gasteiger partial charge in [0.1, 0.15) is 17.2 Å². The Morgan fingerprint density at radius 3 is 2.19 bits per heavy atom. The molecule has 0 fully saturated rings. The quantitative estimate of drug-likeness (QED) is 0.860. The lowest BCUT2D eigenvalue weighted by Crippen LogP contribution is -2.07. The largest absolute Gasteiger partial charge is 0.496 e. The molecule has 0 bridgehead atoms. The van der Waals surface area contributed by atoms with E-state index in [2.05, 4.69) is 10.3 Å². The fraction of sp³-hybridized carbons (Fsp3) is 0.429. The van der Waals surface area contributed by atoms with Gasteiger partial charge < -0.3 is 19.3 Å². The third-order valence-corrected chi connectivity index (χ3v) is 3.14. The molecule has 21 heavy (non-hydrogen) atoms. The molecule has 1 heterocycles. The van der Waals surface area contributed by atoms with Gasteiger partial charge in [-0.15, -0.1) is 5.10 Å². The van der Waals surface area contributed by atoms with Gasteiger partial charge in [-0.05, 0) is 0 Å². The highest BCUT2D eigenvalue weighted by Crippen LogP contribution is 2.39. The highest BCUT2D eigenvalue weighted by molar-refractivity contribution is 5.52. The normalized spacial score (nSPS) is 12.0. The lowest BCUT2D eigenvalue weighted by Gasteiger charge is -2.18. The first-order chi connectivity index (χ1) is 10.1. The summed E-state index contributed by atoms with van der Waals surface area (Å²) >= 11 is 0. The van der Waals surface area contributed by atoms with Crippen molar-refractivity contribution in [3.63, 3.8) is 0 Å². The summed E-state index contributed by atoms with van der Waals surface area (Å²) in [4.78, 5) is 0. The van der Waals surface area contributed by atoms with E-state index in [1.165, 1.54) is 14.2 Å². The number of aromatic nitrogens is 3. The molecule has 0 saturated heterocycles. The van der Waals surface area contributed by atoms with Gasteiger partial charge in [0, 0.05) is 31.8 Å². The minimum Gasteiger partial charge on any atom is -0.496 e. The van der Waals surface area contributed by atoms with E-state index in [-0.39, 0.29) is 0 Å². The number of ether oxygens (including phenoxy) is 3. The molecule has 1 atom stereocenters. The first-order valence-corrected chi connectivity index (χ1v) is 6.42. The molecule has 2 aromatic rings. The van der Waals surface area contributed by atoms with Crippen molar-refractivity contribution in [2.45, 2.75) is 12.5 Å². The van der Waals surface area contributed by atoms with Crippen LogP contribution in [0.15, 0.2) is 18.3 Å². The van der Waals surface area contributed by atoms with Crippen molar-refractivity contribution in [1.29, 1.82) is 0 Å². The molecular weight excluding hydrogens is 274 g/mol. The van der Waals surface area contributed by atoms with Gasteiger partial charge >= 0.3 is 0 Å². The topological polar surface area (TPSA) is 78.6 Å². The molecule has 0 aliphatic carbocycles. The van der Waals surface area contributed by atoms with Gasteiger partial charge in [-0.3, -0.25) is 4.68 Å². The van der Waals surface area contributed by atoms with Crippen LogP contribution in [-0.2, 0) is 13.5 Å². The molecule has 0 aliphatic heterocycles. The van der Waals surface area contributed by atoms with Crippen molar-refractivity contribution >= 4 is 0 Å². The maximum Gasteiger partial charge on any atom is 0.132 e. The molecule has 1 aromatic heterocycles. The van der Waals surface area contributed by atoms with Crippen molar-refractivity contribution in [3.8, 4) is 17.2 Å². The van der Waals surface area contributed by atoms with E-state index in [4.69, 9.17) is 14.2 Å². The van der Waals surface area contributed by atoms with Gasteiger partial charge in [0.25, 0.3) is 0 Å². The maximum atomic E-state index is 10.5. The first kappa shape index (κ1) is 15.1. The molecule has 1 N–H and O–H groups in total. The molecule has 1 aromatic carbocycles. The SMILES string of the molecule is COc1cc(OC)c(C(O)Cc2cn(C)nn2)c(OC)c1. The van der Waals surface area contributed by atoms with Crippen LogP contribution in [0.5, 0.6) is 17.2 Å². The Labute approximate surface area is 123 Å². The molecule has 2 rings (SSSR count). The Kier molecular flexibility index (Phi) is 4.64. The second-order valence-corrected chi connectivity index (χ2v) is 4.55. The van der Waals surface area contributed by atoms with E-state index >= 15 is 0 Å². The summed E-state index contributed by atoms with van der Waals surface area (Å²) in [6.07, 6.45) is 1.25. The van der Waals surface area contributed by atoms with Gasteiger partial charge in [0.05, 0.1) is 38.7 Å². The molecule has 0 radical (unpaired) electrons. The summed E-state index contributed by atoms with van der Waals surface area (Å²) in [5.74, 6) is 1.60. The number of benzene rings is 1. The summed E-state index contributed by atoms with van der Waals surface area (Å²) in [6, 6.07) is 3.41. The number of methoxy groups -OCH3 is 3. The second kappa shape index (κ2) is 6.45. The Bertz CT molecular complexity index is 587. The zero-order valence-electron chi connectivity index (χ0n) is 12.5. The number of aryl methyl sites for hydroxylation is 1. The molecule has 0 spiro atoms. The fourth-order valence-corrected chi connectivity index (χ4v) is 2.15. The van der Waals surface area contributed by atoms with Crippen LogP contribution in [0, 0.1) is 0 Å². The first-order valence-electron chi connectivity index (χ1n) is 6.42. The average molecular weight is 293 g/mol. The van der Waals surface area contributed by atoms with Crippen LogP contribution in [0.2, 0.25) is 0 Å². The van der Waals surface area contributed by atoms with Crippen LogP contribution in [0.1, 0.15) is 17.4 Å². The van der Waals surface area contributed by atoms with Crippen LogP contribution < -0.4 is 14.2 Å². The number of nitrogens with zero attached hydrogens (tertiary/aromatic N) is 3. The predicted molar refractivity (Wildman–Crippen MR) is 75.8 cm³/mol. The monoisotopic (exact) mass is 293 g/mol. The molecule has 114 valence electrons. The fourth-order valence-electron chi connectivity index (χ4n) is 2.15. The van der Waals surface area contributed by atoms with Crippen LogP contribution in [0.4, 0.5) is 0 Å². The third kappa shape index (κ3) is 3.25. The van der Waals surface area contributed by atoms with E-state index in [0.29, 0.717) is 34.9 Å². The van der Waals surface area contributed by atoms with Crippen LogP contribution in [-0.4, -0.2) is 41.4 Å². The van der Waals surface area contributed by atoms with Crippen LogP contribution >= 0.6 is 0 Å². The number of hydrogen-bond donors (Lipinski definition) is 1. The zero-order chi connectivity index (χ0) is 15.4. The van der Waals surface area contributed by atoms with Gasteiger partial charge in [0.2, 0.25) is 0 Å². The molecule has 0 amide bonds. The van der Waals surface area contributed by atoms with E-state index in [9.17, 15) is 5.11 Å². The molecular formula is C14H19N3O4. The minimum absolute atomic E-state index is 0.312. The third-order valence-electron chi connectivity index (χ3n) is 3.14. The van der Waals surface area contributed by atoms with E-state index in [1.807, 2.05) is 0 Å². The molecule has 1 unspecified atom stereocenters. The lowest BCUT2D eigenvalue weighted by atomic mass is 10.0. The van der Waals surface area contributed by atoms with E-state index in [1.54, 1.807) is 37.2 Å². The maximum absolute atomic E-state index is 10.5. The Morgan fingerprint density at radius 2 is 1.76 bits per heavy atom. The standard InChI is InChI=1S/C14H19N3O4/c1-17-8-9(15-16-17)5-11(18)14-12(20-3)6-10(19-2)7-13(14)21-4/h6-8,11,18H,5H2,1-4H3. The second-order valence-electron chi connectivity index (χ2n) is 4.55. The van der Waals surface area contributed by atoms with Gasteiger partial charge in [-0.1, -0.05) is 5.21 Å². The van der Waals surface area contributed by atoms with Crippen LogP contribution in [0.25, 0.3) is 0 Å². The number of aliphatic hydroxyl groups is 1. The number of aliphatic hydroxyl groups excluding tert-OH is 1. The van der Waals surface area contributed by atoms with Crippen LogP contribution in [0.3, 0.4) is 0 Å². The van der Waals surface area contributed by atoms with Crippen molar-refractivity contribution in [2.75, 3.05) is 21.3 Å². The Balaban J connectivity index is 2.36. The molecule has 0 aliphatic rings. The summed E-state index contributed by atoms with van der Waals surface area (Å²) in [7, 11) is 6.40. The molecule has 7 nitrogen and oxygen atoms in total. The Morgan fingerprint density at radius 1 is 1.14 bits per heavy atom. The highest BCUT2D eigenvalue weighted by Gasteiger charge is 2.22. The Hall–Kier alpha value is -2.28. The average Bonchev–Trinajstić information content (AvgIpc) is 2.90. The highest BCUT2D eigenvalue weighted by atomic mass is 16.5.